The van der Waals surface area contributed by atoms with Crippen molar-refractivity contribution in [2.75, 3.05) is 16.4 Å². The molecule has 3 aromatic carbocycles. The molecule has 1 heterocycles. The van der Waals surface area contributed by atoms with Crippen LogP contribution in [0.25, 0.3) is 5.69 Å². The first-order valence-electron chi connectivity index (χ1n) is 11.3. The summed E-state index contributed by atoms with van der Waals surface area (Å²) in [7, 11) is 0. The number of nitrogens with zero attached hydrogens (tertiary/aromatic N) is 3. The number of carbonyl (C=O) groups is 1. The summed E-state index contributed by atoms with van der Waals surface area (Å²) in [5, 5.41) is 16.1. The molecule has 0 saturated carbocycles. The lowest BCUT2D eigenvalue weighted by molar-refractivity contribution is -0.115. The molecule has 1 amide bonds. The summed E-state index contributed by atoms with van der Waals surface area (Å²) in [5.74, 6) is 1.41. The Morgan fingerprint density at radius 3 is 2.38 bits per heavy atom. The van der Waals surface area contributed by atoms with Crippen LogP contribution in [0, 0.1) is 20.8 Å². The maximum Gasteiger partial charge on any atom is 0.225 e. The van der Waals surface area contributed by atoms with Gasteiger partial charge in [0.25, 0.3) is 0 Å². The van der Waals surface area contributed by atoms with Gasteiger partial charge < -0.3 is 10.6 Å². The molecule has 0 aliphatic rings. The predicted octanol–water partition coefficient (Wildman–Crippen LogP) is 5.93. The molecule has 0 fully saturated rings. The Labute approximate surface area is 204 Å². The van der Waals surface area contributed by atoms with E-state index in [1.165, 1.54) is 22.9 Å². The van der Waals surface area contributed by atoms with Crippen LogP contribution in [0.5, 0.6) is 0 Å². The largest absolute Gasteiger partial charge is 0.378 e. The number of para-hydroxylation sites is 1. The highest BCUT2D eigenvalue weighted by atomic mass is 32.2. The SMILES string of the molecule is Cc1ccc(NCc2nnc(SCCC(=O)Nc3ccc(C)cc3C)n2-c2ccccc2)cc1. The summed E-state index contributed by atoms with van der Waals surface area (Å²) in [6.07, 6.45) is 0.385. The van der Waals surface area contributed by atoms with Crippen molar-refractivity contribution in [1.82, 2.24) is 14.8 Å². The molecule has 2 N–H and O–H groups in total. The van der Waals surface area contributed by atoms with Crippen molar-refractivity contribution in [2.45, 2.75) is 38.9 Å². The van der Waals surface area contributed by atoms with Crippen molar-refractivity contribution in [1.29, 1.82) is 0 Å². The highest BCUT2D eigenvalue weighted by molar-refractivity contribution is 7.99. The Kier molecular flexibility index (Phi) is 7.65. The first-order chi connectivity index (χ1) is 16.5. The number of carbonyl (C=O) groups excluding carboxylic acids is 1. The van der Waals surface area contributed by atoms with E-state index in [-0.39, 0.29) is 5.91 Å². The second kappa shape index (κ2) is 11.0. The van der Waals surface area contributed by atoms with Gasteiger partial charge in [-0.05, 0) is 56.7 Å². The average molecular weight is 472 g/mol. The highest BCUT2D eigenvalue weighted by Gasteiger charge is 2.15. The summed E-state index contributed by atoms with van der Waals surface area (Å²) in [6, 6.07) is 24.4. The lowest BCUT2D eigenvalue weighted by Crippen LogP contribution is -2.13. The standard InChI is InChI=1S/C27H29N5OS/c1-19-9-12-22(13-10-19)28-18-25-30-31-27(32(25)23-7-5-4-6-8-23)34-16-15-26(33)29-24-14-11-20(2)17-21(24)3/h4-14,17,28H,15-16,18H2,1-3H3,(H,29,33). The molecular formula is C27H29N5OS. The Morgan fingerprint density at radius 2 is 1.65 bits per heavy atom. The number of anilines is 2. The molecule has 7 heteroatoms. The fourth-order valence-corrected chi connectivity index (χ4v) is 4.51. The van der Waals surface area contributed by atoms with Crippen molar-refractivity contribution in [3.8, 4) is 5.69 Å². The first-order valence-corrected chi connectivity index (χ1v) is 12.3. The predicted molar refractivity (Wildman–Crippen MR) is 140 cm³/mol. The van der Waals surface area contributed by atoms with Crippen molar-refractivity contribution in [3.05, 3.63) is 95.3 Å². The summed E-state index contributed by atoms with van der Waals surface area (Å²) in [5.41, 5.74) is 6.35. The van der Waals surface area contributed by atoms with E-state index in [4.69, 9.17) is 0 Å². The van der Waals surface area contributed by atoms with Gasteiger partial charge in [-0.3, -0.25) is 9.36 Å². The molecule has 34 heavy (non-hydrogen) atoms. The van der Waals surface area contributed by atoms with Gasteiger partial charge in [0.1, 0.15) is 0 Å². The van der Waals surface area contributed by atoms with Gasteiger partial charge in [0, 0.05) is 29.2 Å². The molecule has 0 unspecified atom stereocenters. The topological polar surface area (TPSA) is 71.8 Å². The van der Waals surface area contributed by atoms with Crippen molar-refractivity contribution >= 4 is 29.0 Å². The molecule has 0 radical (unpaired) electrons. The summed E-state index contributed by atoms with van der Waals surface area (Å²) in [6.45, 7) is 6.66. The third-order valence-electron chi connectivity index (χ3n) is 5.43. The Morgan fingerprint density at radius 1 is 0.912 bits per heavy atom. The number of thioether (sulfide) groups is 1. The molecule has 0 aliphatic carbocycles. The molecule has 4 aromatic rings. The van der Waals surface area contributed by atoms with Gasteiger partial charge in [0.2, 0.25) is 5.91 Å². The summed E-state index contributed by atoms with van der Waals surface area (Å²) < 4.78 is 2.05. The van der Waals surface area contributed by atoms with Gasteiger partial charge in [-0.1, -0.05) is 65.4 Å². The fourth-order valence-electron chi connectivity index (χ4n) is 3.60. The average Bonchev–Trinajstić information content (AvgIpc) is 3.24. The second-order valence-corrected chi connectivity index (χ2v) is 9.32. The van der Waals surface area contributed by atoms with Crippen LogP contribution in [0.2, 0.25) is 0 Å². The number of hydrogen-bond donors (Lipinski definition) is 2. The quantitative estimate of drug-likeness (QED) is 0.296. The molecular weight excluding hydrogens is 442 g/mol. The number of aromatic nitrogens is 3. The zero-order valence-corrected chi connectivity index (χ0v) is 20.5. The lowest BCUT2D eigenvalue weighted by Gasteiger charge is -2.12. The Bertz CT molecular complexity index is 1250. The normalized spacial score (nSPS) is 10.8. The van der Waals surface area contributed by atoms with Crippen LogP contribution < -0.4 is 10.6 Å². The van der Waals surface area contributed by atoms with Crippen LogP contribution in [0.1, 0.15) is 28.9 Å². The molecule has 0 saturated heterocycles. The van der Waals surface area contributed by atoms with Crippen LogP contribution in [-0.2, 0) is 11.3 Å². The zero-order valence-electron chi connectivity index (χ0n) is 19.7. The Balaban J connectivity index is 1.42. The van der Waals surface area contributed by atoms with Gasteiger partial charge in [-0.15, -0.1) is 10.2 Å². The van der Waals surface area contributed by atoms with Crippen LogP contribution in [-0.4, -0.2) is 26.4 Å². The molecule has 0 spiro atoms. The first kappa shape index (κ1) is 23.6. The molecule has 6 nitrogen and oxygen atoms in total. The minimum Gasteiger partial charge on any atom is -0.378 e. The summed E-state index contributed by atoms with van der Waals surface area (Å²) in [4.78, 5) is 12.5. The number of benzene rings is 3. The lowest BCUT2D eigenvalue weighted by atomic mass is 10.1. The van der Waals surface area contributed by atoms with Crippen molar-refractivity contribution in [3.63, 3.8) is 0 Å². The van der Waals surface area contributed by atoms with E-state index in [0.717, 1.165) is 33.6 Å². The van der Waals surface area contributed by atoms with Gasteiger partial charge in [-0.25, -0.2) is 0 Å². The van der Waals surface area contributed by atoms with E-state index in [0.29, 0.717) is 18.7 Å². The molecule has 0 bridgehead atoms. The molecule has 1 aromatic heterocycles. The van der Waals surface area contributed by atoms with Crippen LogP contribution in [0.15, 0.2) is 78.0 Å². The van der Waals surface area contributed by atoms with E-state index < -0.39 is 0 Å². The van der Waals surface area contributed by atoms with E-state index in [1.807, 2.05) is 60.9 Å². The van der Waals surface area contributed by atoms with Gasteiger partial charge >= 0.3 is 0 Å². The fraction of sp³-hybridized carbons (Fsp3) is 0.222. The maximum absolute atomic E-state index is 12.5. The monoisotopic (exact) mass is 471 g/mol. The third kappa shape index (κ3) is 6.05. The van der Waals surface area contributed by atoms with Gasteiger partial charge in [0.15, 0.2) is 11.0 Å². The summed E-state index contributed by atoms with van der Waals surface area (Å²) >= 11 is 1.53. The number of aryl methyl sites for hydroxylation is 3. The molecule has 0 aliphatic heterocycles. The van der Waals surface area contributed by atoms with Crippen molar-refractivity contribution in [2.24, 2.45) is 0 Å². The van der Waals surface area contributed by atoms with E-state index >= 15 is 0 Å². The van der Waals surface area contributed by atoms with E-state index in [1.54, 1.807) is 0 Å². The van der Waals surface area contributed by atoms with E-state index in [2.05, 4.69) is 58.1 Å². The van der Waals surface area contributed by atoms with Crippen LogP contribution in [0.4, 0.5) is 11.4 Å². The molecule has 174 valence electrons. The number of rotatable bonds is 9. The van der Waals surface area contributed by atoms with E-state index in [9.17, 15) is 4.79 Å². The number of hydrogen-bond acceptors (Lipinski definition) is 5. The smallest absolute Gasteiger partial charge is 0.225 e. The number of amides is 1. The third-order valence-corrected chi connectivity index (χ3v) is 6.36. The molecule has 0 atom stereocenters. The van der Waals surface area contributed by atoms with Gasteiger partial charge in [0.05, 0.1) is 6.54 Å². The zero-order chi connectivity index (χ0) is 23.9. The maximum atomic E-state index is 12.5. The molecule has 4 rings (SSSR count). The number of nitrogens with one attached hydrogen (secondary N) is 2. The van der Waals surface area contributed by atoms with Crippen LogP contribution in [0.3, 0.4) is 0 Å². The minimum absolute atomic E-state index is 0.00788. The second-order valence-electron chi connectivity index (χ2n) is 8.25. The van der Waals surface area contributed by atoms with Gasteiger partial charge in [-0.2, -0.15) is 0 Å². The minimum atomic E-state index is -0.00788. The highest BCUT2D eigenvalue weighted by Crippen LogP contribution is 2.24. The Hall–Kier alpha value is -3.58. The van der Waals surface area contributed by atoms with Crippen LogP contribution >= 0.6 is 11.8 Å². The van der Waals surface area contributed by atoms with Crippen molar-refractivity contribution < 1.29 is 4.79 Å².